The molecule has 0 bridgehead atoms. The Labute approximate surface area is 127 Å². The first-order valence-corrected chi connectivity index (χ1v) is 6.71. The van der Waals surface area contributed by atoms with Gasteiger partial charge in [0.15, 0.2) is 0 Å². The maximum Gasteiger partial charge on any atom is 0.337 e. The molecule has 0 aliphatic carbocycles. The Balaban J connectivity index is 2.51. The first kappa shape index (κ1) is 14.7. The van der Waals surface area contributed by atoms with Crippen LogP contribution in [0.4, 0.5) is 11.4 Å². The van der Waals surface area contributed by atoms with Crippen LogP contribution in [-0.2, 0) is 0 Å². The van der Waals surface area contributed by atoms with Crippen molar-refractivity contribution in [2.45, 2.75) is 13.8 Å². The van der Waals surface area contributed by atoms with Crippen LogP contribution in [0.25, 0.3) is 0 Å². The van der Waals surface area contributed by atoms with Crippen molar-refractivity contribution in [3.8, 4) is 0 Å². The molecule has 5 heteroatoms. The molecule has 0 atom stereocenters. The lowest BCUT2D eigenvalue weighted by atomic mass is 10.1. The van der Waals surface area contributed by atoms with Gasteiger partial charge in [0.2, 0.25) is 0 Å². The number of carboxylic acid groups (broad SMARTS) is 1. The molecule has 2 aromatic carbocycles. The molecule has 0 aromatic heterocycles. The maximum atomic E-state index is 11.3. The summed E-state index contributed by atoms with van der Waals surface area (Å²) in [5.74, 6) is -1.00. The molecule has 20 heavy (non-hydrogen) atoms. The normalized spacial score (nSPS) is 10.4. The SMILES string of the molecule is Cc1ccc(Nc2c(Cl)ccc(C)c2Cl)c(C(=O)O)c1. The number of carbonyl (C=O) groups is 1. The van der Waals surface area contributed by atoms with Crippen LogP contribution in [0.5, 0.6) is 0 Å². The average molecular weight is 310 g/mol. The van der Waals surface area contributed by atoms with Crippen molar-refractivity contribution < 1.29 is 9.90 Å². The van der Waals surface area contributed by atoms with Crippen LogP contribution in [0.3, 0.4) is 0 Å². The molecule has 2 aromatic rings. The van der Waals surface area contributed by atoms with E-state index in [1.54, 1.807) is 18.2 Å². The highest BCUT2D eigenvalue weighted by atomic mass is 35.5. The van der Waals surface area contributed by atoms with Crippen molar-refractivity contribution in [2.24, 2.45) is 0 Å². The van der Waals surface area contributed by atoms with Gasteiger partial charge < -0.3 is 10.4 Å². The van der Waals surface area contributed by atoms with E-state index < -0.39 is 5.97 Å². The Hall–Kier alpha value is -1.71. The summed E-state index contributed by atoms with van der Waals surface area (Å²) in [6.07, 6.45) is 0. The first-order chi connectivity index (χ1) is 9.40. The van der Waals surface area contributed by atoms with Gasteiger partial charge >= 0.3 is 5.97 Å². The quantitative estimate of drug-likeness (QED) is 0.834. The third kappa shape index (κ3) is 2.89. The number of rotatable bonds is 3. The highest BCUT2D eigenvalue weighted by Crippen LogP contribution is 2.36. The minimum Gasteiger partial charge on any atom is -0.478 e. The lowest BCUT2D eigenvalue weighted by Gasteiger charge is -2.14. The summed E-state index contributed by atoms with van der Waals surface area (Å²) in [6, 6.07) is 8.66. The van der Waals surface area contributed by atoms with E-state index in [2.05, 4.69) is 5.32 Å². The van der Waals surface area contributed by atoms with Crippen LogP contribution in [-0.4, -0.2) is 11.1 Å². The number of aryl methyl sites for hydroxylation is 2. The summed E-state index contributed by atoms with van der Waals surface area (Å²) in [4.78, 5) is 11.3. The molecule has 2 N–H and O–H groups in total. The Bertz CT molecular complexity index is 684. The highest BCUT2D eigenvalue weighted by molar-refractivity contribution is 6.39. The van der Waals surface area contributed by atoms with Crippen molar-refractivity contribution >= 4 is 40.5 Å². The van der Waals surface area contributed by atoms with Crippen LogP contribution >= 0.6 is 23.2 Å². The number of halogens is 2. The molecule has 0 aliphatic rings. The number of nitrogens with one attached hydrogen (secondary N) is 1. The predicted octanol–water partition coefficient (Wildman–Crippen LogP) is 5.05. The molecule has 0 unspecified atom stereocenters. The Kier molecular flexibility index (Phi) is 4.21. The van der Waals surface area contributed by atoms with Gasteiger partial charge in [-0.05, 0) is 37.6 Å². The van der Waals surface area contributed by atoms with Gasteiger partial charge in [-0.2, -0.15) is 0 Å². The third-order valence-electron chi connectivity index (χ3n) is 2.95. The second-order valence-corrected chi connectivity index (χ2v) is 5.32. The van der Waals surface area contributed by atoms with Crippen molar-refractivity contribution in [3.05, 3.63) is 57.1 Å². The van der Waals surface area contributed by atoms with Crippen LogP contribution in [0.1, 0.15) is 21.5 Å². The molecule has 0 saturated carbocycles. The first-order valence-electron chi connectivity index (χ1n) is 5.95. The Morgan fingerprint density at radius 1 is 1.15 bits per heavy atom. The summed E-state index contributed by atoms with van der Waals surface area (Å²) < 4.78 is 0. The highest BCUT2D eigenvalue weighted by Gasteiger charge is 2.14. The summed E-state index contributed by atoms with van der Waals surface area (Å²) in [5.41, 5.74) is 2.88. The summed E-state index contributed by atoms with van der Waals surface area (Å²) in [7, 11) is 0. The van der Waals surface area contributed by atoms with Gasteiger partial charge in [0.1, 0.15) is 0 Å². The van der Waals surface area contributed by atoms with E-state index in [0.717, 1.165) is 11.1 Å². The van der Waals surface area contributed by atoms with Gasteiger partial charge in [-0.15, -0.1) is 0 Å². The lowest BCUT2D eigenvalue weighted by Crippen LogP contribution is -2.04. The van der Waals surface area contributed by atoms with E-state index in [0.29, 0.717) is 21.4 Å². The van der Waals surface area contributed by atoms with Crippen molar-refractivity contribution in [3.63, 3.8) is 0 Å². The minimum atomic E-state index is -1.00. The molecule has 0 saturated heterocycles. The Morgan fingerprint density at radius 2 is 1.85 bits per heavy atom. The zero-order chi connectivity index (χ0) is 14.9. The van der Waals surface area contributed by atoms with E-state index in [-0.39, 0.29) is 5.56 Å². The smallest absolute Gasteiger partial charge is 0.337 e. The summed E-state index contributed by atoms with van der Waals surface area (Å²) >= 11 is 12.3. The average Bonchev–Trinajstić information content (AvgIpc) is 2.40. The molecule has 0 radical (unpaired) electrons. The molecule has 0 fully saturated rings. The molecule has 0 amide bonds. The molecular weight excluding hydrogens is 297 g/mol. The van der Waals surface area contributed by atoms with Crippen LogP contribution in [0.15, 0.2) is 30.3 Å². The van der Waals surface area contributed by atoms with Gasteiger partial charge in [0.05, 0.1) is 27.0 Å². The van der Waals surface area contributed by atoms with Gasteiger partial charge in [-0.25, -0.2) is 4.79 Å². The van der Waals surface area contributed by atoms with E-state index in [4.69, 9.17) is 23.2 Å². The number of benzene rings is 2. The monoisotopic (exact) mass is 309 g/mol. The van der Waals surface area contributed by atoms with Crippen LogP contribution < -0.4 is 5.32 Å². The fraction of sp³-hybridized carbons (Fsp3) is 0.133. The number of hydrogen-bond donors (Lipinski definition) is 2. The van der Waals surface area contributed by atoms with Gasteiger partial charge in [-0.3, -0.25) is 0 Å². The zero-order valence-corrected chi connectivity index (χ0v) is 12.5. The van der Waals surface area contributed by atoms with E-state index in [1.807, 2.05) is 26.0 Å². The van der Waals surface area contributed by atoms with E-state index >= 15 is 0 Å². The lowest BCUT2D eigenvalue weighted by molar-refractivity contribution is 0.0698. The topological polar surface area (TPSA) is 49.3 Å². The number of hydrogen-bond acceptors (Lipinski definition) is 2. The second kappa shape index (κ2) is 5.73. The van der Waals surface area contributed by atoms with Crippen LogP contribution in [0, 0.1) is 13.8 Å². The molecule has 0 aliphatic heterocycles. The largest absolute Gasteiger partial charge is 0.478 e. The van der Waals surface area contributed by atoms with Gasteiger partial charge in [-0.1, -0.05) is 40.9 Å². The van der Waals surface area contributed by atoms with Gasteiger partial charge in [0, 0.05) is 0 Å². The Morgan fingerprint density at radius 3 is 2.50 bits per heavy atom. The minimum absolute atomic E-state index is 0.179. The van der Waals surface area contributed by atoms with Crippen molar-refractivity contribution in [1.29, 1.82) is 0 Å². The van der Waals surface area contributed by atoms with Crippen molar-refractivity contribution in [2.75, 3.05) is 5.32 Å². The summed E-state index contributed by atoms with van der Waals surface area (Å²) in [6.45, 7) is 3.69. The molecule has 2 rings (SSSR count). The molecule has 104 valence electrons. The van der Waals surface area contributed by atoms with Crippen molar-refractivity contribution in [1.82, 2.24) is 0 Å². The molecule has 3 nitrogen and oxygen atoms in total. The standard InChI is InChI=1S/C15H13Cl2NO2/c1-8-3-6-12(10(7-8)15(19)20)18-14-11(16)5-4-9(2)13(14)17/h3-7,18H,1-2H3,(H,19,20). The molecule has 0 heterocycles. The predicted molar refractivity (Wildman–Crippen MR) is 82.6 cm³/mol. The second-order valence-electron chi connectivity index (χ2n) is 4.53. The number of aromatic carboxylic acids is 1. The summed E-state index contributed by atoms with van der Waals surface area (Å²) in [5, 5.41) is 13.2. The molecule has 0 spiro atoms. The molecular formula is C15H13Cl2NO2. The zero-order valence-electron chi connectivity index (χ0n) is 11.0. The van der Waals surface area contributed by atoms with E-state index in [9.17, 15) is 9.90 Å². The van der Waals surface area contributed by atoms with Crippen LogP contribution in [0.2, 0.25) is 10.0 Å². The fourth-order valence-corrected chi connectivity index (χ4v) is 2.32. The fourth-order valence-electron chi connectivity index (χ4n) is 1.85. The third-order valence-corrected chi connectivity index (χ3v) is 3.75. The van der Waals surface area contributed by atoms with Gasteiger partial charge in [0.25, 0.3) is 0 Å². The maximum absolute atomic E-state index is 11.3. The van der Waals surface area contributed by atoms with E-state index in [1.165, 1.54) is 0 Å². The number of carboxylic acids is 1. The number of anilines is 2.